The summed E-state index contributed by atoms with van der Waals surface area (Å²) >= 11 is 0. The molecule has 0 radical (unpaired) electrons. The summed E-state index contributed by atoms with van der Waals surface area (Å²) in [6, 6.07) is 7.52. The zero-order valence-electron chi connectivity index (χ0n) is 18.7. The van der Waals surface area contributed by atoms with Crippen molar-refractivity contribution < 1.29 is 9.59 Å². The van der Waals surface area contributed by atoms with E-state index >= 15 is 0 Å². The number of hydrogen-bond donors (Lipinski definition) is 2. The van der Waals surface area contributed by atoms with Crippen LogP contribution in [0.5, 0.6) is 0 Å². The van der Waals surface area contributed by atoms with Crippen molar-refractivity contribution in [1.82, 2.24) is 20.2 Å². The molecule has 0 aromatic carbocycles. The molecule has 3 rings (SSSR count). The molecule has 1 unspecified atom stereocenters. The lowest BCUT2D eigenvalue weighted by molar-refractivity contribution is -0.135. The summed E-state index contributed by atoms with van der Waals surface area (Å²) in [4.78, 5) is 35.5. The van der Waals surface area contributed by atoms with Crippen molar-refractivity contribution >= 4 is 23.7 Å². The first-order chi connectivity index (χ1) is 14.8. The molecule has 0 spiro atoms. The molecule has 0 saturated carbocycles. The molecule has 2 heterocycles. The Morgan fingerprint density at radius 2 is 2.06 bits per heavy atom. The summed E-state index contributed by atoms with van der Waals surface area (Å²) in [5.74, 6) is 0.446. The highest BCUT2D eigenvalue weighted by atomic mass is 16.2. The fourth-order valence-corrected chi connectivity index (χ4v) is 3.85. The summed E-state index contributed by atoms with van der Waals surface area (Å²) in [7, 11) is 1.80. The molecule has 164 valence electrons. The fourth-order valence-electron chi connectivity index (χ4n) is 3.85. The molecule has 7 heteroatoms. The topological polar surface area (TPSA) is 87.2 Å². The van der Waals surface area contributed by atoms with Gasteiger partial charge >= 0.3 is 0 Å². The van der Waals surface area contributed by atoms with Gasteiger partial charge in [-0.3, -0.25) is 14.6 Å². The average Bonchev–Trinajstić information content (AvgIpc) is 3.17. The Hall–Kier alpha value is -3.06. The van der Waals surface area contributed by atoms with E-state index in [0.717, 1.165) is 23.4 Å². The second kappa shape index (κ2) is 9.83. The zero-order chi connectivity index (χ0) is 22.4. The van der Waals surface area contributed by atoms with Gasteiger partial charge in [-0.25, -0.2) is 4.98 Å². The predicted octanol–water partition coefficient (Wildman–Crippen LogP) is 2.69. The van der Waals surface area contributed by atoms with Crippen molar-refractivity contribution in [2.75, 3.05) is 25.5 Å². The van der Waals surface area contributed by atoms with Gasteiger partial charge in [0.1, 0.15) is 5.82 Å². The number of rotatable bonds is 8. The maximum Gasteiger partial charge on any atom is 0.242 e. The van der Waals surface area contributed by atoms with E-state index in [2.05, 4.69) is 26.7 Å². The molecule has 31 heavy (non-hydrogen) atoms. The zero-order valence-corrected chi connectivity index (χ0v) is 18.7. The number of hydrogen-bond acceptors (Lipinski definition) is 5. The van der Waals surface area contributed by atoms with Crippen LogP contribution in [0.15, 0.2) is 42.7 Å². The minimum Gasteiger partial charge on any atom is -0.340 e. The van der Waals surface area contributed by atoms with Gasteiger partial charge in [0.15, 0.2) is 0 Å². The van der Waals surface area contributed by atoms with Gasteiger partial charge in [-0.15, -0.1) is 0 Å². The Balaban J connectivity index is 1.57. The van der Waals surface area contributed by atoms with Crippen molar-refractivity contribution in [3.63, 3.8) is 0 Å². The third-order valence-electron chi connectivity index (χ3n) is 5.46. The maximum absolute atomic E-state index is 12.6. The van der Waals surface area contributed by atoms with Crippen LogP contribution in [0, 0.1) is 5.92 Å². The van der Waals surface area contributed by atoms with Crippen LogP contribution in [-0.4, -0.2) is 52.4 Å². The lowest BCUT2D eigenvalue weighted by Crippen LogP contribution is -2.53. The van der Waals surface area contributed by atoms with Crippen LogP contribution in [-0.2, 0) is 22.4 Å². The first kappa shape index (κ1) is 22.6. The van der Waals surface area contributed by atoms with Crippen molar-refractivity contribution in [2.24, 2.45) is 5.92 Å². The van der Waals surface area contributed by atoms with Crippen molar-refractivity contribution in [2.45, 2.75) is 39.2 Å². The molecule has 1 aliphatic rings. The first-order valence-electron chi connectivity index (χ1n) is 10.7. The normalized spacial score (nSPS) is 15.7. The van der Waals surface area contributed by atoms with Crippen LogP contribution < -0.4 is 10.6 Å². The Kier molecular flexibility index (Phi) is 7.17. The van der Waals surface area contributed by atoms with E-state index < -0.39 is 5.54 Å². The summed E-state index contributed by atoms with van der Waals surface area (Å²) in [6.45, 7) is 7.03. The van der Waals surface area contributed by atoms with Gasteiger partial charge in [0, 0.05) is 44.0 Å². The van der Waals surface area contributed by atoms with E-state index in [-0.39, 0.29) is 17.7 Å². The smallest absolute Gasteiger partial charge is 0.242 e. The number of fused-ring (bicyclic) bond motifs is 1. The van der Waals surface area contributed by atoms with E-state index in [1.807, 2.05) is 51.3 Å². The molecular weight excluding hydrogens is 390 g/mol. The molecule has 0 saturated heterocycles. The lowest BCUT2D eigenvalue weighted by atomic mass is 10.0. The third-order valence-corrected chi connectivity index (χ3v) is 5.46. The molecular formula is C24H31N5O2. The van der Waals surface area contributed by atoms with Crippen LogP contribution in [0.3, 0.4) is 0 Å². The number of aromatic nitrogens is 2. The van der Waals surface area contributed by atoms with E-state index in [1.165, 1.54) is 0 Å². The van der Waals surface area contributed by atoms with Gasteiger partial charge in [-0.1, -0.05) is 25.1 Å². The molecule has 0 bridgehead atoms. The molecule has 0 aliphatic heterocycles. The van der Waals surface area contributed by atoms with Crippen LogP contribution in [0.4, 0.5) is 5.82 Å². The van der Waals surface area contributed by atoms with E-state index in [1.54, 1.807) is 24.2 Å². The number of carbonyl (C=O) groups excluding carboxylic acids is 2. The minimum absolute atomic E-state index is 0.0303. The van der Waals surface area contributed by atoms with Crippen LogP contribution in [0.25, 0.3) is 6.08 Å². The number of amides is 2. The van der Waals surface area contributed by atoms with Crippen molar-refractivity contribution in [1.29, 1.82) is 0 Å². The summed E-state index contributed by atoms with van der Waals surface area (Å²) < 4.78 is 0. The largest absolute Gasteiger partial charge is 0.340 e. The standard InChI is InChI=1S/C24H31N5O2/c1-5-27-24(2,3)23(31)29(4)12-8-9-17-13-18-14-19(15-20(18)26-16-17)22(30)28-21-10-6-7-11-25-21/h6-11,13,16,19,27H,5,12,14-15H2,1-4H3,(H,25,28,30)/b9-8+. The fraction of sp³-hybridized carbons (Fsp3) is 0.417. The molecule has 7 nitrogen and oxygen atoms in total. The Morgan fingerprint density at radius 3 is 2.77 bits per heavy atom. The molecule has 2 aromatic heterocycles. The molecule has 2 N–H and O–H groups in total. The number of likely N-dealkylation sites (N-methyl/N-ethyl adjacent to an activating group) is 2. The van der Waals surface area contributed by atoms with Crippen LogP contribution in [0.2, 0.25) is 0 Å². The first-order valence-corrected chi connectivity index (χ1v) is 10.7. The summed E-state index contributed by atoms with van der Waals surface area (Å²) in [6.07, 6.45) is 8.71. The molecule has 0 fully saturated rings. The minimum atomic E-state index is -0.586. The number of carbonyl (C=O) groups is 2. The van der Waals surface area contributed by atoms with Gasteiger partial charge in [0.2, 0.25) is 11.8 Å². The number of pyridine rings is 2. The third kappa shape index (κ3) is 5.76. The van der Waals surface area contributed by atoms with Crippen molar-refractivity contribution in [3.8, 4) is 0 Å². The van der Waals surface area contributed by atoms with Crippen LogP contribution in [0.1, 0.15) is 37.6 Å². The van der Waals surface area contributed by atoms with E-state index in [4.69, 9.17) is 0 Å². The SMILES string of the molecule is CCNC(C)(C)C(=O)N(C)C/C=C/c1cnc2c(c1)CC(C(=O)Nc1ccccn1)C2. The molecule has 1 atom stereocenters. The number of nitrogens with zero attached hydrogens (tertiary/aromatic N) is 3. The van der Waals surface area contributed by atoms with E-state index in [0.29, 0.717) is 25.2 Å². The molecule has 1 aliphatic carbocycles. The Bertz CT molecular complexity index is 956. The maximum atomic E-state index is 12.6. The number of anilines is 1. The van der Waals surface area contributed by atoms with E-state index in [9.17, 15) is 9.59 Å². The Labute approximate surface area is 184 Å². The molecule has 2 amide bonds. The van der Waals surface area contributed by atoms with Gasteiger partial charge in [0.05, 0.1) is 5.54 Å². The van der Waals surface area contributed by atoms with Crippen molar-refractivity contribution in [3.05, 3.63) is 59.6 Å². The second-order valence-electron chi connectivity index (χ2n) is 8.43. The van der Waals surface area contributed by atoms with Crippen LogP contribution >= 0.6 is 0 Å². The predicted molar refractivity (Wildman–Crippen MR) is 122 cm³/mol. The summed E-state index contributed by atoms with van der Waals surface area (Å²) in [5.41, 5.74) is 2.45. The summed E-state index contributed by atoms with van der Waals surface area (Å²) in [5, 5.41) is 6.08. The van der Waals surface area contributed by atoms with Gasteiger partial charge in [-0.2, -0.15) is 0 Å². The van der Waals surface area contributed by atoms with Gasteiger partial charge < -0.3 is 15.5 Å². The van der Waals surface area contributed by atoms with Gasteiger partial charge in [-0.05, 0) is 56.1 Å². The second-order valence-corrected chi connectivity index (χ2v) is 8.43. The highest BCUT2D eigenvalue weighted by molar-refractivity contribution is 5.92. The average molecular weight is 422 g/mol. The monoisotopic (exact) mass is 421 g/mol. The highest BCUT2D eigenvalue weighted by Gasteiger charge is 2.29. The van der Waals surface area contributed by atoms with Gasteiger partial charge in [0.25, 0.3) is 0 Å². The lowest BCUT2D eigenvalue weighted by Gasteiger charge is -2.29. The highest BCUT2D eigenvalue weighted by Crippen LogP contribution is 2.27. The molecule has 2 aromatic rings. The number of nitrogens with one attached hydrogen (secondary N) is 2. The Morgan fingerprint density at radius 1 is 1.26 bits per heavy atom. The quantitative estimate of drug-likeness (QED) is 0.684.